The molecule has 4 rings (SSSR count). The van der Waals surface area contributed by atoms with Crippen LogP contribution in [0.25, 0.3) is 0 Å². The van der Waals surface area contributed by atoms with Gasteiger partial charge < -0.3 is 5.32 Å². The lowest BCUT2D eigenvalue weighted by molar-refractivity contribution is -0.120. The molecule has 0 spiro atoms. The number of hydrogen-bond acceptors (Lipinski definition) is 5. The Kier molecular flexibility index (Phi) is 5.25. The second kappa shape index (κ2) is 8.01. The summed E-state index contributed by atoms with van der Waals surface area (Å²) in [7, 11) is 1.62. The quantitative estimate of drug-likeness (QED) is 0.670. The van der Waals surface area contributed by atoms with E-state index in [9.17, 15) is 18.4 Å². The molecule has 9 nitrogen and oxygen atoms in total. The van der Waals surface area contributed by atoms with Crippen molar-refractivity contribution in [3.8, 4) is 0 Å². The predicted molar refractivity (Wildman–Crippen MR) is 102 cm³/mol. The number of benzene rings is 1. The van der Waals surface area contributed by atoms with Gasteiger partial charge in [0.1, 0.15) is 17.7 Å². The molecule has 1 atom stereocenters. The first-order valence-corrected chi connectivity index (χ1v) is 9.38. The molecule has 0 aliphatic carbocycles. The monoisotopic (exact) mass is 415 g/mol. The van der Waals surface area contributed by atoms with E-state index in [4.69, 9.17) is 0 Å². The SMILES string of the molecule is CN1C(=O)[C@@H](NC(=O)c2n[nH]c(Cc3cccc(F)c3F)n2)CCCn2nccc21. The second-order valence-electron chi connectivity index (χ2n) is 6.97. The summed E-state index contributed by atoms with van der Waals surface area (Å²) in [4.78, 5) is 30.9. The van der Waals surface area contributed by atoms with Gasteiger partial charge in [-0.1, -0.05) is 12.1 Å². The molecule has 11 heteroatoms. The zero-order valence-electron chi connectivity index (χ0n) is 16.1. The molecule has 0 radical (unpaired) electrons. The third-order valence-corrected chi connectivity index (χ3v) is 4.96. The van der Waals surface area contributed by atoms with Crippen LogP contribution in [-0.4, -0.2) is 49.9 Å². The van der Waals surface area contributed by atoms with Crippen molar-refractivity contribution in [3.63, 3.8) is 0 Å². The van der Waals surface area contributed by atoms with Crippen LogP contribution >= 0.6 is 0 Å². The fraction of sp³-hybridized carbons (Fsp3) is 0.316. The Morgan fingerprint density at radius 3 is 3.00 bits per heavy atom. The molecule has 3 aromatic rings. The molecule has 2 N–H and O–H groups in total. The van der Waals surface area contributed by atoms with E-state index < -0.39 is 23.6 Å². The number of amides is 2. The van der Waals surface area contributed by atoms with Gasteiger partial charge >= 0.3 is 0 Å². The molecular formula is C19H19F2N7O2. The maximum atomic E-state index is 13.8. The van der Waals surface area contributed by atoms with Crippen LogP contribution in [-0.2, 0) is 17.8 Å². The van der Waals surface area contributed by atoms with Crippen LogP contribution in [0.1, 0.15) is 34.8 Å². The molecule has 0 saturated heterocycles. The molecule has 1 aliphatic rings. The maximum Gasteiger partial charge on any atom is 0.291 e. The Labute approximate surface area is 170 Å². The molecule has 1 aliphatic heterocycles. The van der Waals surface area contributed by atoms with E-state index in [2.05, 4.69) is 25.6 Å². The average Bonchev–Trinajstić information content (AvgIpc) is 3.38. The van der Waals surface area contributed by atoms with Crippen LogP contribution < -0.4 is 10.2 Å². The maximum absolute atomic E-state index is 13.8. The van der Waals surface area contributed by atoms with Crippen molar-refractivity contribution in [2.75, 3.05) is 11.9 Å². The Bertz CT molecular complexity index is 1090. The molecule has 156 valence electrons. The Hall–Kier alpha value is -3.63. The van der Waals surface area contributed by atoms with Crippen molar-refractivity contribution >= 4 is 17.6 Å². The predicted octanol–water partition coefficient (Wildman–Crippen LogP) is 1.43. The second-order valence-corrected chi connectivity index (χ2v) is 6.97. The van der Waals surface area contributed by atoms with E-state index >= 15 is 0 Å². The fourth-order valence-corrected chi connectivity index (χ4v) is 3.40. The van der Waals surface area contributed by atoms with Gasteiger partial charge in [-0.05, 0) is 24.5 Å². The van der Waals surface area contributed by atoms with E-state index in [1.54, 1.807) is 24.0 Å². The van der Waals surface area contributed by atoms with Crippen LogP contribution in [0.15, 0.2) is 30.5 Å². The number of nitrogens with zero attached hydrogens (tertiary/aromatic N) is 5. The fourth-order valence-electron chi connectivity index (χ4n) is 3.40. The number of likely N-dealkylation sites (N-methyl/N-ethyl adjacent to an activating group) is 1. The van der Waals surface area contributed by atoms with Crippen molar-refractivity contribution < 1.29 is 18.4 Å². The minimum absolute atomic E-state index is 0.0566. The van der Waals surface area contributed by atoms with Gasteiger partial charge in [0.05, 0.1) is 6.20 Å². The molecule has 2 aromatic heterocycles. The smallest absolute Gasteiger partial charge is 0.291 e. The lowest BCUT2D eigenvalue weighted by atomic mass is 10.1. The number of carbonyl (C=O) groups excluding carboxylic acids is 2. The summed E-state index contributed by atoms with van der Waals surface area (Å²) < 4.78 is 28.9. The van der Waals surface area contributed by atoms with Gasteiger partial charge in [0.25, 0.3) is 5.91 Å². The molecule has 3 heterocycles. The molecule has 0 fully saturated rings. The van der Waals surface area contributed by atoms with Crippen LogP contribution in [0.4, 0.5) is 14.6 Å². The molecule has 30 heavy (non-hydrogen) atoms. The van der Waals surface area contributed by atoms with Gasteiger partial charge in [-0.3, -0.25) is 19.6 Å². The third-order valence-electron chi connectivity index (χ3n) is 4.96. The summed E-state index contributed by atoms with van der Waals surface area (Å²) in [5.41, 5.74) is 0.0894. The number of nitrogens with one attached hydrogen (secondary N) is 2. The van der Waals surface area contributed by atoms with Crippen LogP contribution in [0, 0.1) is 11.6 Å². The number of rotatable bonds is 4. The standard InChI is InChI=1S/C19H19F2N7O2/c1-27-15-7-8-22-28(15)9-3-6-13(19(27)30)23-18(29)17-24-14(25-26-17)10-11-4-2-5-12(20)16(11)21/h2,4-5,7-8,13H,3,6,9-10H2,1H3,(H,23,29)(H,24,25,26)/t13-/m0/s1. The Morgan fingerprint density at radius 1 is 1.33 bits per heavy atom. The van der Waals surface area contributed by atoms with Crippen molar-refractivity contribution in [2.24, 2.45) is 0 Å². The van der Waals surface area contributed by atoms with E-state index in [1.807, 2.05) is 0 Å². The van der Waals surface area contributed by atoms with E-state index in [-0.39, 0.29) is 29.5 Å². The topological polar surface area (TPSA) is 109 Å². The number of aromatic amines is 1. The van der Waals surface area contributed by atoms with Crippen LogP contribution in [0.2, 0.25) is 0 Å². The van der Waals surface area contributed by atoms with E-state index in [0.29, 0.717) is 25.2 Å². The number of aryl methyl sites for hydroxylation is 1. The van der Waals surface area contributed by atoms with Gasteiger partial charge in [0.15, 0.2) is 11.6 Å². The Balaban J connectivity index is 1.45. The van der Waals surface area contributed by atoms with Crippen LogP contribution in [0.3, 0.4) is 0 Å². The number of anilines is 1. The number of H-pyrrole nitrogens is 1. The number of carbonyl (C=O) groups is 2. The van der Waals surface area contributed by atoms with Crippen molar-refractivity contribution in [1.29, 1.82) is 0 Å². The minimum atomic E-state index is -0.970. The molecule has 0 saturated carbocycles. The summed E-state index contributed by atoms with van der Waals surface area (Å²) in [6, 6.07) is 4.83. The van der Waals surface area contributed by atoms with Crippen molar-refractivity contribution in [2.45, 2.75) is 31.8 Å². The number of hydrogen-bond donors (Lipinski definition) is 2. The molecule has 0 bridgehead atoms. The lowest BCUT2D eigenvalue weighted by Gasteiger charge is -2.27. The van der Waals surface area contributed by atoms with Gasteiger partial charge in [-0.2, -0.15) is 5.10 Å². The summed E-state index contributed by atoms with van der Waals surface area (Å²) in [5.74, 6) is -2.16. The molecule has 0 unspecified atom stereocenters. The van der Waals surface area contributed by atoms with Gasteiger partial charge in [-0.25, -0.2) is 18.4 Å². The van der Waals surface area contributed by atoms with Crippen molar-refractivity contribution in [3.05, 3.63) is 59.3 Å². The number of aromatic nitrogens is 5. The summed E-state index contributed by atoms with van der Waals surface area (Å²) in [6.07, 6.45) is 2.64. The zero-order valence-corrected chi connectivity index (χ0v) is 16.1. The normalized spacial score (nSPS) is 16.7. The summed E-state index contributed by atoms with van der Waals surface area (Å²) in [5, 5.41) is 13.2. The average molecular weight is 415 g/mol. The van der Waals surface area contributed by atoms with Crippen molar-refractivity contribution in [1.82, 2.24) is 30.3 Å². The lowest BCUT2D eigenvalue weighted by Crippen LogP contribution is -2.49. The number of fused-ring (bicyclic) bond motifs is 1. The van der Waals surface area contributed by atoms with Crippen LogP contribution in [0.5, 0.6) is 0 Å². The highest BCUT2D eigenvalue weighted by Crippen LogP contribution is 2.19. The summed E-state index contributed by atoms with van der Waals surface area (Å²) >= 11 is 0. The first-order valence-electron chi connectivity index (χ1n) is 9.38. The molecule has 2 amide bonds. The molecular weight excluding hydrogens is 396 g/mol. The summed E-state index contributed by atoms with van der Waals surface area (Å²) in [6.45, 7) is 0.621. The first-order chi connectivity index (χ1) is 14.4. The first kappa shape index (κ1) is 19.7. The highest BCUT2D eigenvalue weighted by atomic mass is 19.2. The van der Waals surface area contributed by atoms with E-state index in [0.717, 1.165) is 6.07 Å². The largest absolute Gasteiger partial charge is 0.337 e. The van der Waals surface area contributed by atoms with E-state index in [1.165, 1.54) is 17.0 Å². The van der Waals surface area contributed by atoms with Gasteiger partial charge in [-0.15, -0.1) is 5.10 Å². The van der Waals surface area contributed by atoms with Gasteiger partial charge in [0.2, 0.25) is 11.7 Å². The third kappa shape index (κ3) is 3.78. The van der Waals surface area contributed by atoms with Gasteiger partial charge in [0, 0.05) is 26.1 Å². The minimum Gasteiger partial charge on any atom is -0.337 e. The highest BCUT2D eigenvalue weighted by molar-refractivity contribution is 6.00. The highest BCUT2D eigenvalue weighted by Gasteiger charge is 2.29. The Morgan fingerprint density at radius 2 is 2.17 bits per heavy atom. The zero-order chi connectivity index (χ0) is 21.3. The molecule has 1 aromatic carbocycles. The number of halogens is 2.